The summed E-state index contributed by atoms with van der Waals surface area (Å²) in [5.74, 6) is 0.725. The summed E-state index contributed by atoms with van der Waals surface area (Å²) in [5.41, 5.74) is 0. The highest BCUT2D eigenvalue weighted by atomic mass is 35.5. The Labute approximate surface area is 80.5 Å². The maximum atomic E-state index is 8.67. The maximum Gasteiger partial charge on any atom is 0.0443 e. The van der Waals surface area contributed by atoms with E-state index in [0.29, 0.717) is 6.04 Å². The van der Waals surface area contributed by atoms with E-state index in [1.54, 1.807) is 0 Å². The predicted molar refractivity (Wildman–Crippen MR) is 53.7 cm³/mol. The molecule has 0 aromatic carbocycles. The average Bonchev–Trinajstić information content (AvgIpc) is 2.04. The molecule has 2 nitrogen and oxygen atoms in total. The van der Waals surface area contributed by atoms with Crippen molar-refractivity contribution in [3.8, 4) is 0 Å². The van der Waals surface area contributed by atoms with Gasteiger partial charge in [-0.15, -0.1) is 11.6 Å². The molecule has 0 spiro atoms. The van der Waals surface area contributed by atoms with Gasteiger partial charge < -0.3 is 10.0 Å². The summed E-state index contributed by atoms with van der Waals surface area (Å²) in [6.07, 6.45) is 1.89. The second-order valence-corrected chi connectivity index (χ2v) is 3.63. The fourth-order valence-corrected chi connectivity index (χ4v) is 1.28. The van der Waals surface area contributed by atoms with E-state index in [0.717, 1.165) is 31.8 Å². The topological polar surface area (TPSA) is 23.5 Å². The van der Waals surface area contributed by atoms with Gasteiger partial charge >= 0.3 is 0 Å². The Morgan fingerprint density at radius 2 is 1.83 bits per heavy atom. The maximum absolute atomic E-state index is 8.67. The quantitative estimate of drug-likeness (QED) is 0.623. The van der Waals surface area contributed by atoms with E-state index in [-0.39, 0.29) is 6.61 Å². The number of hydrogen-bond donors (Lipinski definition) is 1. The molecule has 0 amide bonds. The summed E-state index contributed by atoms with van der Waals surface area (Å²) in [6, 6.07) is 0.555. The molecular weight excluding hydrogens is 174 g/mol. The Kier molecular flexibility index (Phi) is 7.98. The lowest BCUT2D eigenvalue weighted by Gasteiger charge is -2.25. The van der Waals surface area contributed by atoms with Crippen LogP contribution in [0, 0.1) is 0 Å². The lowest BCUT2D eigenvalue weighted by atomic mass is 10.2. The summed E-state index contributed by atoms with van der Waals surface area (Å²) in [4.78, 5) is 2.35. The van der Waals surface area contributed by atoms with Crippen LogP contribution in [0.2, 0.25) is 0 Å². The molecule has 0 bridgehead atoms. The second-order valence-electron chi connectivity index (χ2n) is 3.25. The van der Waals surface area contributed by atoms with Crippen molar-refractivity contribution in [2.24, 2.45) is 0 Å². The van der Waals surface area contributed by atoms with Crippen LogP contribution < -0.4 is 0 Å². The van der Waals surface area contributed by atoms with E-state index in [1.165, 1.54) is 0 Å². The normalized spacial score (nSPS) is 11.5. The summed E-state index contributed by atoms with van der Waals surface area (Å²) < 4.78 is 0. The van der Waals surface area contributed by atoms with Crippen LogP contribution in [0.1, 0.15) is 26.7 Å². The van der Waals surface area contributed by atoms with Gasteiger partial charge in [-0.1, -0.05) is 0 Å². The molecule has 0 saturated heterocycles. The lowest BCUT2D eigenvalue weighted by Crippen LogP contribution is -2.33. The van der Waals surface area contributed by atoms with Gasteiger partial charge in [0, 0.05) is 25.1 Å². The third-order valence-corrected chi connectivity index (χ3v) is 2.18. The first kappa shape index (κ1) is 12.2. The second kappa shape index (κ2) is 7.84. The third-order valence-electron chi connectivity index (χ3n) is 1.91. The Morgan fingerprint density at radius 1 is 1.25 bits per heavy atom. The molecule has 0 aliphatic heterocycles. The molecule has 0 rings (SSSR count). The average molecular weight is 194 g/mol. The predicted octanol–water partition coefficient (Wildman–Crippen LogP) is 1.71. The molecule has 0 aromatic rings. The van der Waals surface area contributed by atoms with Gasteiger partial charge in [0.1, 0.15) is 0 Å². The van der Waals surface area contributed by atoms with Crippen LogP contribution in [0.3, 0.4) is 0 Å². The van der Waals surface area contributed by atoms with Crippen molar-refractivity contribution in [2.75, 3.05) is 25.6 Å². The van der Waals surface area contributed by atoms with Crippen molar-refractivity contribution in [3.63, 3.8) is 0 Å². The number of halogens is 1. The van der Waals surface area contributed by atoms with Gasteiger partial charge in [-0.3, -0.25) is 0 Å². The summed E-state index contributed by atoms with van der Waals surface area (Å²) >= 11 is 5.61. The smallest absolute Gasteiger partial charge is 0.0443 e. The van der Waals surface area contributed by atoms with Gasteiger partial charge in [0.2, 0.25) is 0 Å². The van der Waals surface area contributed by atoms with Crippen LogP contribution in [0.4, 0.5) is 0 Å². The minimum atomic E-state index is 0.282. The van der Waals surface area contributed by atoms with Gasteiger partial charge in [0.25, 0.3) is 0 Å². The molecule has 3 heteroatoms. The van der Waals surface area contributed by atoms with Crippen LogP contribution in [0.5, 0.6) is 0 Å². The number of aliphatic hydroxyl groups is 1. The molecule has 12 heavy (non-hydrogen) atoms. The van der Waals surface area contributed by atoms with Crippen molar-refractivity contribution in [3.05, 3.63) is 0 Å². The minimum Gasteiger partial charge on any atom is -0.396 e. The van der Waals surface area contributed by atoms with E-state index >= 15 is 0 Å². The Morgan fingerprint density at radius 3 is 2.25 bits per heavy atom. The number of aliphatic hydroxyl groups excluding tert-OH is 1. The van der Waals surface area contributed by atoms with Gasteiger partial charge in [0.05, 0.1) is 0 Å². The fraction of sp³-hybridized carbons (Fsp3) is 1.00. The van der Waals surface area contributed by atoms with Crippen molar-refractivity contribution < 1.29 is 5.11 Å². The minimum absolute atomic E-state index is 0.282. The Hall–Kier alpha value is 0.210. The van der Waals surface area contributed by atoms with E-state index in [9.17, 15) is 0 Å². The SMILES string of the molecule is CC(C)N(CCCO)CCCCl. The molecule has 0 unspecified atom stereocenters. The van der Waals surface area contributed by atoms with Crippen LogP contribution >= 0.6 is 11.6 Å². The zero-order valence-corrected chi connectivity index (χ0v) is 8.85. The summed E-state index contributed by atoms with van der Waals surface area (Å²) in [7, 11) is 0. The number of hydrogen-bond acceptors (Lipinski definition) is 2. The first-order chi connectivity index (χ1) is 5.72. The van der Waals surface area contributed by atoms with Gasteiger partial charge in [-0.05, 0) is 33.2 Å². The molecule has 0 aliphatic carbocycles. The fourth-order valence-electron chi connectivity index (χ4n) is 1.16. The molecular formula is C9H20ClNO. The molecule has 0 radical (unpaired) electrons. The van der Waals surface area contributed by atoms with E-state index < -0.39 is 0 Å². The van der Waals surface area contributed by atoms with Crippen molar-refractivity contribution in [1.29, 1.82) is 0 Å². The van der Waals surface area contributed by atoms with Crippen LogP contribution in [0.15, 0.2) is 0 Å². The molecule has 0 saturated carbocycles. The number of rotatable bonds is 7. The zero-order chi connectivity index (χ0) is 9.40. The zero-order valence-electron chi connectivity index (χ0n) is 8.09. The Balaban J connectivity index is 3.55. The van der Waals surface area contributed by atoms with Crippen molar-refractivity contribution in [1.82, 2.24) is 4.90 Å². The largest absolute Gasteiger partial charge is 0.396 e. The van der Waals surface area contributed by atoms with Gasteiger partial charge in [-0.25, -0.2) is 0 Å². The molecule has 0 fully saturated rings. The van der Waals surface area contributed by atoms with E-state index in [2.05, 4.69) is 18.7 Å². The first-order valence-corrected chi connectivity index (χ1v) is 5.16. The van der Waals surface area contributed by atoms with Crippen molar-refractivity contribution >= 4 is 11.6 Å². The van der Waals surface area contributed by atoms with Gasteiger partial charge in [-0.2, -0.15) is 0 Å². The van der Waals surface area contributed by atoms with Crippen LogP contribution in [0.25, 0.3) is 0 Å². The summed E-state index contributed by atoms with van der Waals surface area (Å²) in [6.45, 7) is 6.65. The van der Waals surface area contributed by atoms with Gasteiger partial charge in [0.15, 0.2) is 0 Å². The molecule has 0 atom stereocenters. The molecule has 0 aromatic heterocycles. The number of nitrogens with zero attached hydrogens (tertiary/aromatic N) is 1. The molecule has 74 valence electrons. The standard InChI is InChI=1S/C9H20ClNO/c1-9(2)11(6-3-5-10)7-4-8-12/h9,12H,3-8H2,1-2H3. The monoisotopic (exact) mass is 193 g/mol. The third kappa shape index (κ3) is 5.81. The highest BCUT2D eigenvalue weighted by molar-refractivity contribution is 6.17. The Bertz CT molecular complexity index is 90.5. The molecule has 1 N–H and O–H groups in total. The first-order valence-electron chi connectivity index (χ1n) is 4.63. The van der Waals surface area contributed by atoms with E-state index in [1.807, 2.05) is 0 Å². The number of alkyl halides is 1. The van der Waals surface area contributed by atoms with Crippen LogP contribution in [-0.2, 0) is 0 Å². The van der Waals surface area contributed by atoms with Crippen molar-refractivity contribution in [2.45, 2.75) is 32.7 Å². The van der Waals surface area contributed by atoms with Crippen LogP contribution in [-0.4, -0.2) is 41.6 Å². The molecule has 0 aliphatic rings. The van der Waals surface area contributed by atoms with E-state index in [4.69, 9.17) is 16.7 Å². The lowest BCUT2D eigenvalue weighted by molar-refractivity contribution is 0.192. The summed E-state index contributed by atoms with van der Waals surface area (Å²) in [5, 5.41) is 8.67. The highest BCUT2D eigenvalue weighted by Gasteiger charge is 2.07. The highest BCUT2D eigenvalue weighted by Crippen LogP contribution is 2.01. The molecule has 0 heterocycles.